The van der Waals surface area contributed by atoms with Gasteiger partial charge < -0.3 is 5.73 Å². The summed E-state index contributed by atoms with van der Waals surface area (Å²) in [5.74, 6) is 0.589. The van der Waals surface area contributed by atoms with E-state index in [0.29, 0.717) is 18.0 Å². The molecule has 1 aliphatic rings. The van der Waals surface area contributed by atoms with E-state index in [0.717, 1.165) is 0 Å². The van der Waals surface area contributed by atoms with Crippen molar-refractivity contribution in [3.63, 3.8) is 0 Å². The highest BCUT2D eigenvalue weighted by atomic mass is 16.6. The second kappa shape index (κ2) is 3.94. The second-order valence-electron chi connectivity index (χ2n) is 3.97. The number of pyridine rings is 1. The molecular weight excluding hydrogens is 194 g/mol. The van der Waals surface area contributed by atoms with Crippen molar-refractivity contribution in [1.82, 2.24) is 4.98 Å². The fraction of sp³-hybridized carbons (Fsp3) is 0.500. The molecule has 1 aliphatic carbocycles. The highest BCUT2D eigenvalue weighted by Crippen LogP contribution is 2.32. The van der Waals surface area contributed by atoms with Crippen LogP contribution in [0.25, 0.3) is 0 Å². The van der Waals surface area contributed by atoms with Gasteiger partial charge in [-0.2, -0.15) is 0 Å². The highest BCUT2D eigenvalue weighted by Gasteiger charge is 2.28. The molecule has 5 heteroatoms. The molecule has 0 spiro atoms. The Morgan fingerprint density at radius 3 is 3.00 bits per heavy atom. The summed E-state index contributed by atoms with van der Waals surface area (Å²) in [4.78, 5) is 14.2. The fourth-order valence-corrected chi connectivity index (χ4v) is 1.62. The third kappa shape index (κ3) is 2.50. The molecule has 1 saturated carbocycles. The van der Waals surface area contributed by atoms with Crippen LogP contribution in [0.3, 0.4) is 0 Å². The monoisotopic (exact) mass is 207 g/mol. The molecule has 0 saturated heterocycles. The smallest absolute Gasteiger partial charge is 0.272 e. The molecular formula is C10H13N3O2. The van der Waals surface area contributed by atoms with E-state index in [1.807, 2.05) is 0 Å². The Kier molecular flexibility index (Phi) is 2.64. The first-order chi connectivity index (χ1) is 7.16. The normalized spacial score (nSPS) is 17.4. The average Bonchev–Trinajstić information content (AvgIpc) is 3.01. The van der Waals surface area contributed by atoms with Gasteiger partial charge in [0, 0.05) is 36.5 Å². The van der Waals surface area contributed by atoms with Gasteiger partial charge in [0.05, 0.1) is 4.92 Å². The third-order valence-electron chi connectivity index (χ3n) is 2.68. The van der Waals surface area contributed by atoms with Gasteiger partial charge in [0.1, 0.15) is 0 Å². The Balaban J connectivity index is 2.07. The lowest BCUT2D eigenvalue weighted by Crippen LogP contribution is -2.25. The number of hydrogen-bond acceptors (Lipinski definition) is 4. The second-order valence-corrected chi connectivity index (χ2v) is 3.97. The Labute approximate surface area is 87.5 Å². The van der Waals surface area contributed by atoms with Crippen LogP contribution >= 0.6 is 0 Å². The van der Waals surface area contributed by atoms with Crippen LogP contribution < -0.4 is 5.73 Å². The van der Waals surface area contributed by atoms with E-state index >= 15 is 0 Å². The Morgan fingerprint density at radius 1 is 1.67 bits per heavy atom. The van der Waals surface area contributed by atoms with Gasteiger partial charge in [-0.15, -0.1) is 0 Å². The van der Waals surface area contributed by atoms with Crippen LogP contribution in [0, 0.1) is 16.0 Å². The molecule has 0 radical (unpaired) electrons. The van der Waals surface area contributed by atoms with E-state index in [1.54, 1.807) is 0 Å². The molecule has 2 rings (SSSR count). The van der Waals surface area contributed by atoms with E-state index in [-0.39, 0.29) is 11.7 Å². The van der Waals surface area contributed by atoms with Crippen LogP contribution in [0.15, 0.2) is 18.3 Å². The minimum atomic E-state index is -0.409. The van der Waals surface area contributed by atoms with Crippen molar-refractivity contribution in [3.05, 3.63) is 34.1 Å². The van der Waals surface area contributed by atoms with Gasteiger partial charge in [-0.1, -0.05) is 0 Å². The minimum Gasteiger partial charge on any atom is -0.327 e. The summed E-state index contributed by atoms with van der Waals surface area (Å²) in [5, 5.41) is 10.5. The van der Waals surface area contributed by atoms with Crippen molar-refractivity contribution >= 4 is 5.69 Å². The lowest BCUT2D eigenvalue weighted by atomic mass is 10.1. The zero-order valence-corrected chi connectivity index (χ0v) is 8.30. The van der Waals surface area contributed by atoms with Gasteiger partial charge in [-0.25, -0.2) is 0 Å². The van der Waals surface area contributed by atoms with Crippen molar-refractivity contribution in [1.29, 1.82) is 0 Å². The number of nitrogens with zero attached hydrogens (tertiary/aromatic N) is 2. The predicted octanol–water partition coefficient (Wildman–Crippen LogP) is 1.27. The van der Waals surface area contributed by atoms with Crippen molar-refractivity contribution in [2.24, 2.45) is 11.7 Å². The van der Waals surface area contributed by atoms with Gasteiger partial charge in [0.15, 0.2) is 0 Å². The Morgan fingerprint density at radius 2 is 2.40 bits per heavy atom. The van der Waals surface area contributed by atoms with E-state index in [2.05, 4.69) is 4.98 Å². The molecule has 1 atom stereocenters. The summed E-state index contributed by atoms with van der Waals surface area (Å²) in [6, 6.07) is 2.99. The van der Waals surface area contributed by atoms with E-state index in [1.165, 1.54) is 31.2 Å². The van der Waals surface area contributed by atoms with Gasteiger partial charge >= 0.3 is 0 Å². The highest BCUT2D eigenvalue weighted by molar-refractivity contribution is 5.30. The fourth-order valence-electron chi connectivity index (χ4n) is 1.62. The number of rotatable bonds is 4. The largest absolute Gasteiger partial charge is 0.327 e. The first-order valence-electron chi connectivity index (χ1n) is 5.01. The van der Waals surface area contributed by atoms with Gasteiger partial charge in [-0.3, -0.25) is 15.1 Å². The van der Waals surface area contributed by atoms with Gasteiger partial charge in [0.25, 0.3) is 5.69 Å². The molecule has 80 valence electrons. The molecule has 0 aliphatic heterocycles. The molecule has 1 aromatic heterocycles. The van der Waals surface area contributed by atoms with Crippen LogP contribution in [-0.4, -0.2) is 15.9 Å². The quantitative estimate of drug-likeness (QED) is 0.595. The first kappa shape index (κ1) is 10.0. The maximum Gasteiger partial charge on any atom is 0.272 e. The third-order valence-corrected chi connectivity index (χ3v) is 2.68. The topological polar surface area (TPSA) is 82.0 Å². The summed E-state index contributed by atoms with van der Waals surface area (Å²) in [6.07, 6.45) is 4.45. The molecule has 0 amide bonds. The Bertz CT molecular complexity index is 377. The van der Waals surface area contributed by atoms with E-state index < -0.39 is 4.92 Å². The van der Waals surface area contributed by atoms with Crippen LogP contribution in [0.5, 0.6) is 0 Å². The predicted molar refractivity (Wildman–Crippen MR) is 55.3 cm³/mol. The summed E-state index contributed by atoms with van der Waals surface area (Å²) in [6.45, 7) is 0. The molecule has 2 N–H and O–H groups in total. The number of nitrogens with two attached hydrogens (primary N) is 1. The molecule has 1 aromatic rings. The lowest BCUT2D eigenvalue weighted by Gasteiger charge is -2.08. The van der Waals surface area contributed by atoms with Crippen LogP contribution in [0.1, 0.15) is 18.5 Å². The molecule has 1 fully saturated rings. The number of aromatic nitrogens is 1. The Hall–Kier alpha value is -1.49. The minimum absolute atomic E-state index is 0.0861. The lowest BCUT2D eigenvalue weighted by molar-refractivity contribution is -0.385. The number of nitro groups is 1. The standard InChI is InChI=1S/C10H13N3O2/c11-10(7-1-2-7)6-8-5-9(13(14)15)3-4-12-8/h3-5,7,10H,1-2,6,11H2. The van der Waals surface area contributed by atoms with Crippen molar-refractivity contribution in [3.8, 4) is 0 Å². The molecule has 0 aromatic carbocycles. The number of hydrogen-bond donors (Lipinski definition) is 1. The molecule has 5 nitrogen and oxygen atoms in total. The molecule has 1 heterocycles. The zero-order valence-electron chi connectivity index (χ0n) is 8.30. The molecule has 0 bridgehead atoms. The van der Waals surface area contributed by atoms with Crippen LogP contribution in [-0.2, 0) is 6.42 Å². The summed E-state index contributed by atoms with van der Waals surface area (Å²) < 4.78 is 0. The molecule has 15 heavy (non-hydrogen) atoms. The van der Waals surface area contributed by atoms with Crippen LogP contribution in [0.4, 0.5) is 5.69 Å². The zero-order chi connectivity index (χ0) is 10.8. The van der Waals surface area contributed by atoms with Crippen molar-refractivity contribution in [2.75, 3.05) is 0 Å². The summed E-state index contributed by atoms with van der Waals surface area (Å²) in [7, 11) is 0. The first-order valence-corrected chi connectivity index (χ1v) is 5.01. The maximum atomic E-state index is 10.5. The van der Waals surface area contributed by atoms with Crippen LogP contribution in [0.2, 0.25) is 0 Å². The summed E-state index contributed by atoms with van der Waals surface area (Å²) in [5.41, 5.74) is 6.73. The van der Waals surface area contributed by atoms with Gasteiger partial charge in [0.2, 0.25) is 0 Å². The van der Waals surface area contributed by atoms with Crippen molar-refractivity contribution < 1.29 is 4.92 Å². The van der Waals surface area contributed by atoms with E-state index in [9.17, 15) is 10.1 Å². The average molecular weight is 207 g/mol. The summed E-state index contributed by atoms with van der Waals surface area (Å²) >= 11 is 0. The SMILES string of the molecule is NC(Cc1cc([N+](=O)[O-])ccn1)C1CC1. The van der Waals surface area contributed by atoms with Gasteiger partial charge in [-0.05, 0) is 18.8 Å². The maximum absolute atomic E-state index is 10.5. The molecule has 1 unspecified atom stereocenters. The van der Waals surface area contributed by atoms with Crippen molar-refractivity contribution in [2.45, 2.75) is 25.3 Å². The van der Waals surface area contributed by atoms with E-state index in [4.69, 9.17) is 5.73 Å².